The van der Waals surface area contributed by atoms with Crippen LogP contribution in [0.4, 0.5) is 4.79 Å². The van der Waals surface area contributed by atoms with E-state index in [0.29, 0.717) is 50.6 Å². The second kappa shape index (κ2) is 11.8. The molecule has 8 heteroatoms. The molecule has 4 heterocycles. The number of methoxy groups -OCH3 is 1. The van der Waals surface area contributed by atoms with Crippen LogP contribution < -0.4 is 4.74 Å². The standard InChI is InChI=1S/C32H42N4O4/c1-39-28-9-7-25(8-10-28)21-35-16-13-32(30(35)37)11-14-33(15-12-32)22-27-23-36(31(38)34-17-19-40-20-18-34)24-29(27)26-5-3-2-4-6-26/h2-10,27,29H,11-24H2,1H3/t27-,29?/m0/s1. The molecule has 0 radical (unpaired) electrons. The Morgan fingerprint density at radius 2 is 1.60 bits per heavy atom. The molecule has 0 bridgehead atoms. The number of morpholine rings is 1. The normalized spacial score (nSPS) is 25.1. The number of hydrogen-bond donors (Lipinski definition) is 0. The van der Waals surface area contributed by atoms with Gasteiger partial charge in [-0.05, 0) is 61.5 Å². The first-order chi connectivity index (χ1) is 19.5. The van der Waals surface area contributed by atoms with Gasteiger partial charge in [0.15, 0.2) is 0 Å². The highest BCUT2D eigenvalue weighted by atomic mass is 16.5. The third kappa shape index (κ3) is 5.56. The van der Waals surface area contributed by atoms with Gasteiger partial charge in [0.1, 0.15) is 5.75 Å². The smallest absolute Gasteiger partial charge is 0.320 e. The summed E-state index contributed by atoms with van der Waals surface area (Å²) in [5.74, 6) is 1.88. The van der Waals surface area contributed by atoms with Gasteiger partial charge in [0.2, 0.25) is 5.91 Å². The molecule has 214 valence electrons. The van der Waals surface area contributed by atoms with Crippen LogP contribution in [0.5, 0.6) is 5.75 Å². The van der Waals surface area contributed by atoms with Gasteiger partial charge in [-0.1, -0.05) is 42.5 Å². The van der Waals surface area contributed by atoms with E-state index >= 15 is 0 Å². The first-order valence-electron chi connectivity index (χ1n) is 14.9. The topological polar surface area (TPSA) is 65.6 Å². The van der Waals surface area contributed by atoms with Crippen LogP contribution >= 0.6 is 0 Å². The summed E-state index contributed by atoms with van der Waals surface area (Å²) in [6.07, 6.45) is 2.79. The maximum atomic E-state index is 13.6. The second-order valence-electron chi connectivity index (χ2n) is 12.0. The predicted molar refractivity (Wildman–Crippen MR) is 153 cm³/mol. The van der Waals surface area contributed by atoms with Gasteiger partial charge < -0.3 is 29.1 Å². The molecular formula is C32H42N4O4. The van der Waals surface area contributed by atoms with Gasteiger partial charge in [-0.15, -0.1) is 0 Å². The highest BCUT2D eigenvalue weighted by Crippen LogP contribution is 2.43. The zero-order valence-electron chi connectivity index (χ0n) is 23.7. The summed E-state index contributed by atoms with van der Waals surface area (Å²) < 4.78 is 10.7. The predicted octanol–water partition coefficient (Wildman–Crippen LogP) is 3.68. The number of likely N-dealkylation sites (tertiary alicyclic amines) is 3. The molecule has 2 atom stereocenters. The average Bonchev–Trinajstić information content (AvgIpc) is 3.56. The van der Waals surface area contributed by atoms with E-state index in [4.69, 9.17) is 9.47 Å². The molecule has 4 fully saturated rings. The molecule has 4 aliphatic rings. The third-order valence-corrected chi connectivity index (χ3v) is 9.66. The molecule has 40 heavy (non-hydrogen) atoms. The van der Waals surface area contributed by atoms with Gasteiger partial charge in [-0.2, -0.15) is 0 Å². The molecule has 0 saturated carbocycles. The van der Waals surface area contributed by atoms with Crippen LogP contribution in [0.2, 0.25) is 0 Å². The summed E-state index contributed by atoms with van der Waals surface area (Å²) >= 11 is 0. The van der Waals surface area contributed by atoms with E-state index in [1.54, 1.807) is 7.11 Å². The number of hydrogen-bond acceptors (Lipinski definition) is 5. The Hall–Kier alpha value is -3.10. The van der Waals surface area contributed by atoms with Gasteiger partial charge in [-0.3, -0.25) is 4.79 Å². The molecule has 0 N–H and O–H groups in total. The number of urea groups is 1. The summed E-state index contributed by atoms with van der Waals surface area (Å²) in [6, 6.07) is 18.9. The summed E-state index contributed by atoms with van der Waals surface area (Å²) in [6.45, 7) is 8.49. The highest BCUT2D eigenvalue weighted by Gasteiger charge is 2.48. The van der Waals surface area contributed by atoms with Crippen molar-refractivity contribution < 1.29 is 19.1 Å². The van der Waals surface area contributed by atoms with E-state index in [1.807, 2.05) is 17.0 Å². The molecule has 0 aromatic heterocycles. The second-order valence-corrected chi connectivity index (χ2v) is 12.0. The molecule has 4 aliphatic heterocycles. The fourth-order valence-electron chi connectivity index (χ4n) is 7.20. The fourth-order valence-corrected chi connectivity index (χ4v) is 7.20. The number of nitrogens with zero attached hydrogens (tertiary/aromatic N) is 4. The van der Waals surface area contributed by atoms with Gasteiger partial charge in [0, 0.05) is 51.7 Å². The summed E-state index contributed by atoms with van der Waals surface area (Å²) in [7, 11) is 1.67. The van der Waals surface area contributed by atoms with E-state index in [1.165, 1.54) is 5.56 Å². The number of carbonyl (C=O) groups excluding carboxylic acids is 2. The van der Waals surface area contributed by atoms with Crippen molar-refractivity contribution in [1.29, 1.82) is 0 Å². The van der Waals surface area contributed by atoms with E-state index in [2.05, 4.69) is 57.2 Å². The third-order valence-electron chi connectivity index (χ3n) is 9.66. The molecule has 8 nitrogen and oxygen atoms in total. The molecule has 4 saturated heterocycles. The van der Waals surface area contributed by atoms with Crippen LogP contribution in [0.15, 0.2) is 54.6 Å². The quantitative estimate of drug-likeness (QED) is 0.553. The van der Waals surface area contributed by atoms with Crippen LogP contribution in [-0.2, 0) is 16.1 Å². The Labute approximate surface area is 237 Å². The molecule has 0 aliphatic carbocycles. The summed E-state index contributed by atoms with van der Waals surface area (Å²) in [5, 5.41) is 0. The van der Waals surface area contributed by atoms with E-state index in [0.717, 1.165) is 69.8 Å². The lowest BCUT2D eigenvalue weighted by Crippen LogP contribution is -2.48. The molecular weight excluding hydrogens is 504 g/mol. The minimum absolute atomic E-state index is 0.151. The summed E-state index contributed by atoms with van der Waals surface area (Å²) in [4.78, 5) is 35.6. The van der Waals surface area contributed by atoms with Crippen molar-refractivity contribution in [1.82, 2.24) is 19.6 Å². The Kier molecular flexibility index (Phi) is 7.98. The molecule has 2 aromatic rings. The Bertz CT molecular complexity index is 1160. The minimum atomic E-state index is -0.212. The number of amides is 3. The Balaban J connectivity index is 1.07. The van der Waals surface area contributed by atoms with Gasteiger partial charge in [-0.25, -0.2) is 4.79 Å². The Morgan fingerprint density at radius 1 is 0.900 bits per heavy atom. The van der Waals surface area contributed by atoms with Gasteiger partial charge >= 0.3 is 6.03 Å². The zero-order chi connectivity index (χ0) is 27.5. The van der Waals surface area contributed by atoms with Crippen LogP contribution in [-0.4, -0.2) is 104 Å². The number of piperidine rings is 1. The van der Waals surface area contributed by atoms with E-state index in [9.17, 15) is 9.59 Å². The number of rotatable bonds is 6. The summed E-state index contributed by atoms with van der Waals surface area (Å²) in [5.41, 5.74) is 2.25. The van der Waals surface area contributed by atoms with Crippen LogP contribution in [0.3, 0.4) is 0 Å². The van der Waals surface area contributed by atoms with Gasteiger partial charge in [0.25, 0.3) is 0 Å². The van der Waals surface area contributed by atoms with E-state index < -0.39 is 0 Å². The number of benzene rings is 2. The van der Waals surface area contributed by atoms with Crippen LogP contribution in [0.25, 0.3) is 0 Å². The maximum absolute atomic E-state index is 13.6. The van der Waals surface area contributed by atoms with Crippen molar-refractivity contribution in [2.45, 2.75) is 31.7 Å². The SMILES string of the molecule is COc1ccc(CN2CCC3(CCN(C[C@H]4CN(C(=O)N5CCOCC5)CC4c4ccccc4)CC3)C2=O)cc1. The van der Waals surface area contributed by atoms with Crippen molar-refractivity contribution in [3.05, 3.63) is 65.7 Å². The molecule has 1 spiro atoms. The Morgan fingerprint density at radius 3 is 2.30 bits per heavy atom. The maximum Gasteiger partial charge on any atom is 0.320 e. The average molecular weight is 547 g/mol. The van der Waals surface area contributed by atoms with Crippen LogP contribution in [0.1, 0.15) is 36.3 Å². The van der Waals surface area contributed by atoms with Crippen molar-refractivity contribution in [2.75, 3.05) is 72.7 Å². The molecule has 6 rings (SSSR count). The molecule has 2 aromatic carbocycles. The highest BCUT2D eigenvalue weighted by molar-refractivity contribution is 5.85. The molecule has 1 unspecified atom stereocenters. The van der Waals surface area contributed by atoms with Crippen LogP contribution in [0, 0.1) is 11.3 Å². The van der Waals surface area contributed by atoms with Crippen molar-refractivity contribution >= 4 is 11.9 Å². The first kappa shape index (κ1) is 27.1. The monoisotopic (exact) mass is 546 g/mol. The van der Waals surface area contributed by atoms with Crippen molar-refractivity contribution in [2.24, 2.45) is 11.3 Å². The first-order valence-corrected chi connectivity index (χ1v) is 14.9. The lowest BCUT2D eigenvalue weighted by molar-refractivity contribution is -0.139. The van der Waals surface area contributed by atoms with E-state index in [-0.39, 0.29) is 11.4 Å². The number of ether oxygens (including phenoxy) is 2. The zero-order valence-corrected chi connectivity index (χ0v) is 23.7. The lowest BCUT2D eigenvalue weighted by Gasteiger charge is -2.39. The molecule has 3 amide bonds. The van der Waals surface area contributed by atoms with Gasteiger partial charge in [0.05, 0.1) is 25.7 Å². The van der Waals surface area contributed by atoms with Crippen molar-refractivity contribution in [3.63, 3.8) is 0 Å². The minimum Gasteiger partial charge on any atom is -0.497 e. The fraction of sp³-hybridized carbons (Fsp3) is 0.562. The largest absolute Gasteiger partial charge is 0.497 e. The van der Waals surface area contributed by atoms with Crippen molar-refractivity contribution in [3.8, 4) is 5.75 Å². The lowest BCUT2D eigenvalue weighted by atomic mass is 9.76. The number of carbonyl (C=O) groups is 2.